The number of aliphatic hydroxyl groups excluding tert-OH is 2. The highest BCUT2D eigenvalue weighted by Crippen LogP contribution is 2.12. The van der Waals surface area contributed by atoms with Crippen LogP contribution in [0.3, 0.4) is 0 Å². The van der Waals surface area contributed by atoms with E-state index < -0.39 is 0 Å². The van der Waals surface area contributed by atoms with Crippen LogP contribution < -0.4 is 5.32 Å². The molecule has 0 aliphatic carbocycles. The van der Waals surface area contributed by atoms with Gasteiger partial charge in [-0.25, -0.2) is 0 Å². The third kappa shape index (κ3) is 22.3. The number of carbonyl (C=O) groups excluding carboxylic acids is 1. The van der Waals surface area contributed by atoms with Crippen molar-refractivity contribution in [2.75, 3.05) is 46.0 Å². The largest absolute Gasteiger partial charge is 0.395 e. The summed E-state index contributed by atoms with van der Waals surface area (Å²) >= 11 is 0. The lowest BCUT2D eigenvalue weighted by Gasteiger charge is -2.21. The molecule has 0 aliphatic heterocycles. The van der Waals surface area contributed by atoms with Gasteiger partial charge in [-0.15, -0.1) is 0 Å². The topological polar surface area (TPSA) is 82.0 Å². The molecule has 1 amide bonds. The zero-order valence-corrected chi connectivity index (χ0v) is 20.6. The van der Waals surface area contributed by atoms with Crippen molar-refractivity contribution in [2.45, 2.75) is 110 Å². The third-order valence-corrected chi connectivity index (χ3v) is 5.77. The lowest BCUT2D eigenvalue weighted by atomic mass is 10.0. The molecule has 0 saturated carbocycles. The highest BCUT2D eigenvalue weighted by molar-refractivity contribution is 5.75. The molecular formula is C25H52N2O4. The fourth-order valence-corrected chi connectivity index (χ4v) is 3.71. The van der Waals surface area contributed by atoms with Crippen LogP contribution in [0.2, 0.25) is 0 Å². The van der Waals surface area contributed by atoms with Gasteiger partial charge < -0.3 is 20.3 Å². The average molecular weight is 445 g/mol. The summed E-state index contributed by atoms with van der Waals surface area (Å²) in [5, 5.41) is 21.0. The van der Waals surface area contributed by atoms with Gasteiger partial charge in [0.1, 0.15) is 0 Å². The minimum atomic E-state index is 0.0806. The fourth-order valence-electron chi connectivity index (χ4n) is 3.71. The molecule has 1 unspecified atom stereocenters. The van der Waals surface area contributed by atoms with Crippen LogP contribution in [0.15, 0.2) is 0 Å². The summed E-state index contributed by atoms with van der Waals surface area (Å²) in [5.41, 5.74) is 0. The van der Waals surface area contributed by atoms with Gasteiger partial charge >= 0.3 is 0 Å². The molecule has 0 radical (unpaired) electrons. The van der Waals surface area contributed by atoms with Gasteiger partial charge in [-0.1, -0.05) is 77.6 Å². The fraction of sp³-hybridized carbons (Fsp3) is 0.960. The number of hydrogen-bond donors (Lipinski definition) is 3. The van der Waals surface area contributed by atoms with Crippen molar-refractivity contribution in [3.8, 4) is 0 Å². The molecule has 31 heavy (non-hydrogen) atoms. The van der Waals surface area contributed by atoms with E-state index >= 15 is 0 Å². The molecule has 1 atom stereocenters. The number of nitrogens with one attached hydrogen (secondary N) is 1. The molecule has 6 heteroatoms. The van der Waals surface area contributed by atoms with E-state index in [0.29, 0.717) is 39.2 Å². The number of rotatable bonds is 24. The predicted molar refractivity (Wildman–Crippen MR) is 129 cm³/mol. The smallest absolute Gasteiger partial charge is 0.219 e. The number of nitrogens with zero attached hydrogens (tertiary/aromatic N) is 1. The molecule has 3 N–H and O–H groups in total. The number of amides is 1. The van der Waals surface area contributed by atoms with Crippen molar-refractivity contribution in [1.82, 2.24) is 10.2 Å². The maximum Gasteiger partial charge on any atom is 0.219 e. The van der Waals surface area contributed by atoms with Gasteiger partial charge in [0.15, 0.2) is 0 Å². The Hall–Kier alpha value is -0.690. The molecule has 0 aromatic carbocycles. The summed E-state index contributed by atoms with van der Waals surface area (Å²) < 4.78 is 5.77. The Labute approximate surface area is 192 Å². The van der Waals surface area contributed by atoms with Gasteiger partial charge in [-0.05, 0) is 19.8 Å². The van der Waals surface area contributed by atoms with E-state index in [0.717, 1.165) is 19.3 Å². The Balaban J connectivity index is 3.43. The number of hydrogen-bond acceptors (Lipinski definition) is 5. The van der Waals surface area contributed by atoms with Gasteiger partial charge in [-0.2, -0.15) is 0 Å². The number of ether oxygens (including phenoxy) is 1. The lowest BCUT2D eigenvalue weighted by Crippen LogP contribution is -2.34. The molecular weight excluding hydrogens is 392 g/mol. The quantitative estimate of drug-likeness (QED) is 0.194. The zero-order valence-electron chi connectivity index (χ0n) is 20.6. The summed E-state index contributed by atoms with van der Waals surface area (Å²) in [7, 11) is 0. The van der Waals surface area contributed by atoms with Crippen LogP contribution in [0.25, 0.3) is 0 Å². The van der Waals surface area contributed by atoms with Crippen LogP contribution in [0, 0.1) is 0 Å². The molecule has 0 spiro atoms. The van der Waals surface area contributed by atoms with Crippen LogP contribution in [0.5, 0.6) is 0 Å². The molecule has 186 valence electrons. The van der Waals surface area contributed by atoms with Crippen LogP contribution in [0.4, 0.5) is 0 Å². The molecule has 0 rings (SSSR count). The molecule has 0 fully saturated rings. The predicted octanol–water partition coefficient (Wildman–Crippen LogP) is 4.28. The van der Waals surface area contributed by atoms with E-state index in [-0.39, 0.29) is 25.2 Å². The number of unbranched alkanes of at least 4 members (excludes halogenated alkanes) is 11. The molecule has 0 bridgehead atoms. The van der Waals surface area contributed by atoms with Crippen molar-refractivity contribution in [3.63, 3.8) is 0 Å². The molecule has 0 aromatic rings. The SMILES string of the molecule is CCCCCCCCCCCCCCC(=O)NCCC(C)OCCN(CCO)CCO. The van der Waals surface area contributed by atoms with Crippen molar-refractivity contribution in [2.24, 2.45) is 0 Å². The van der Waals surface area contributed by atoms with E-state index in [4.69, 9.17) is 14.9 Å². The van der Waals surface area contributed by atoms with Gasteiger partial charge in [-0.3, -0.25) is 9.69 Å². The summed E-state index contributed by atoms with van der Waals surface area (Å²) in [6, 6.07) is 0. The maximum atomic E-state index is 11.9. The van der Waals surface area contributed by atoms with Crippen molar-refractivity contribution >= 4 is 5.91 Å². The van der Waals surface area contributed by atoms with Crippen LogP contribution in [-0.2, 0) is 9.53 Å². The Morgan fingerprint density at radius 3 is 1.87 bits per heavy atom. The number of aliphatic hydroxyl groups is 2. The molecule has 0 aromatic heterocycles. The van der Waals surface area contributed by atoms with Gasteiger partial charge in [0.05, 0.1) is 25.9 Å². The molecule has 0 aliphatic rings. The normalized spacial score (nSPS) is 12.4. The minimum Gasteiger partial charge on any atom is -0.395 e. The second-order valence-corrected chi connectivity index (χ2v) is 8.75. The summed E-state index contributed by atoms with van der Waals surface area (Å²) in [4.78, 5) is 13.9. The summed E-state index contributed by atoms with van der Waals surface area (Å²) in [6.07, 6.45) is 17.2. The van der Waals surface area contributed by atoms with Gasteiger partial charge in [0.2, 0.25) is 5.91 Å². The van der Waals surface area contributed by atoms with E-state index in [2.05, 4.69) is 12.2 Å². The summed E-state index contributed by atoms with van der Waals surface area (Å²) in [6.45, 7) is 7.45. The second-order valence-electron chi connectivity index (χ2n) is 8.75. The highest BCUT2D eigenvalue weighted by atomic mass is 16.5. The first kappa shape index (κ1) is 30.3. The highest BCUT2D eigenvalue weighted by Gasteiger charge is 2.07. The van der Waals surface area contributed by atoms with E-state index in [1.807, 2.05) is 11.8 Å². The molecule has 6 nitrogen and oxygen atoms in total. The Bertz CT molecular complexity index is 377. The van der Waals surface area contributed by atoms with Crippen LogP contribution >= 0.6 is 0 Å². The maximum absolute atomic E-state index is 11.9. The molecule has 0 heterocycles. The first-order chi connectivity index (χ1) is 15.1. The standard InChI is InChI=1S/C25H52N2O4/c1-3-4-5-6-7-8-9-10-11-12-13-14-15-25(30)26-17-16-24(2)31-23-20-27(18-21-28)19-22-29/h24,28-29H,3-23H2,1-2H3,(H,26,30). The zero-order chi connectivity index (χ0) is 23.0. The van der Waals surface area contributed by atoms with Gasteiger partial charge in [0, 0.05) is 32.6 Å². The number of carbonyl (C=O) groups is 1. The first-order valence-electron chi connectivity index (χ1n) is 13.0. The lowest BCUT2D eigenvalue weighted by molar-refractivity contribution is -0.121. The van der Waals surface area contributed by atoms with E-state index in [9.17, 15) is 4.79 Å². The average Bonchev–Trinajstić information content (AvgIpc) is 2.75. The summed E-state index contributed by atoms with van der Waals surface area (Å²) in [5.74, 6) is 0.149. The minimum absolute atomic E-state index is 0.0806. The second kappa shape index (κ2) is 24.0. The third-order valence-electron chi connectivity index (χ3n) is 5.77. The van der Waals surface area contributed by atoms with Crippen LogP contribution in [-0.4, -0.2) is 73.1 Å². The van der Waals surface area contributed by atoms with Crippen LogP contribution in [0.1, 0.15) is 104 Å². The monoisotopic (exact) mass is 444 g/mol. The van der Waals surface area contributed by atoms with Crippen molar-refractivity contribution in [1.29, 1.82) is 0 Å². The van der Waals surface area contributed by atoms with Crippen molar-refractivity contribution < 1.29 is 19.7 Å². The molecule has 0 saturated heterocycles. The van der Waals surface area contributed by atoms with E-state index in [1.54, 1.807) is 0 Å². The Morgan fingerprint density at radius 1 is 0.839 bits per heavy atom. The van der Waals surface area contributed by atoms with E-state index in [1.165, 1.54) is 64.2 Å². The van der Waals surface area contributed by atoms with Crippen molar-refractivity contribution in [3.05, 3.63) is 0 Å². The first-order valence-corrected chi connectivity index (χ1v) is 13.0. The van der Waals surface area contributed by atoms with Gasteiger partial charge in [0.25, 0.3) is 0 Å². The Kier molecular flexibility index (Phi) is 23.4. The Morgan fingerprint density at radius 2 is 1.35 bits per heavy atom.